The van der Waals surface area contributed by atoms with Crippen molar-refractivity contribution in [1.29, 1.82) is 0 Å². The van der Waals surface area contributed by atoms with E-state index in [4.69, 9.17) is 14.6 Å². The van der Waals surface area contributed by atoms with Crippen molar-refractivity contribution in [2.75, 3.05) is 13.2 Å². The summed E-state index contributed by atoms with van der Waals surface area (Å²) in [4.78, 5) is 26.1. The fourth-order valence-electron chi connectivity index (χ4n) is 2.74. The molecular formula is C16H26N2O7. The minimum Gasteiger partial charge on any atom is -0.394 e. The average Bonchev–Trinajstić information content (AvgIpc) is 2.87. The number of hydrogen-bond acceptors (Lipinski definition) is 7. The van der Waals surface area contributed by atoms with Gasteiger partial charge >= 0.3 is 5.69 Å². The molecule has 2 heterocycles. The lowest BCUT2D eigenvalue weighted by Crippen LogP contribution is -2.39. The monoisotopic (exact) mass is 358 g/mol. The van der Waals surface area contributed by atoms with Gasteiger partial charge in [-0.1, -0.05) is 26.2 Å². The highest BCUT2D eigenvalue weighted by molar-refractivity contribution is 5.05. The summed E-state index contributed by atoms with van der Waals surface area (Å²) in [6.45, 7) is 2.14. The van der Waals surface area contributed by atoms with Crippen LogP contribution in [0.4, 0.5) is 0 Å². The van der Waals surface area contributed by atoms with Gasteiger partial charge in [-0.2, -0.15) is 0 Å². The van der Waals surface area contributed by atoms with Gasteiger partial charge < -0.3 is 24.8 Å². The molecule has 142 valence electrons. The molecule has 1 aromatic heterocycles. The van der Waals surface area contributed by atoms with Crippen LogP contribution in [0, 0.1) is 0 Å². The van der Waals surface area contributed by atoms with Crippen molar-refractivity contribution in [3.05, 3.63) is 32.6 Å². The molecule has 4 atom stereocenters. The summed E-state index contributed by atoms with van der Waals surface area (Å²) in [7, 11) is 0. The fraction of sp³-hybridized carbons (Fsp3) is 0.750. The van der Waals surface area contributed by atoms with Gasteiger partial charge in [0.2, 0.25) is 0 Å². The van der Waals surface area contributed by atoms with Crippen molar-refractivity contribution in [1.82, 2.24) is 9.55 Å². The first-order valence-electron chi connectivity index (χ1n) is 8.54. The summed E-state index contributed by atoms with van der Waals surface area (Å²) in [5.41, 5.74) is -1.12. The molecule has 1 fully saturated rings. The summed E-state index contributed by atoms with van der Waals surface area (Å²) in [5.74, 6) is 0. The maximum absolute atomic E-state index is 12.0. The van der Waals surface area contributed by atoms with Gasteiger partial charge in [-0.25, -0.2) is 4.79 Å². The fourth-order valence-corrected chi connectivity index (χ4v) is 2.74. The van der Waals surface area contributed by atoms with Crippen LogP contribution in [-0.4, -0.2) is 56.4 Å². The molecular weight excluding hydrogens is 332 g/mol. The SMILES string of the molecule is CCCCCCOCc1cn([C@@H]2O[C@H](CO)[C@@H](O)[C@H]2O)c(=O)[nH]c1=O. The number of nitrogens with zero attached hydrogens (tertiary/aromatic N) is 1. The zero-order chi connectivity index (χ0) is 18.4. The van der Waals surface area contributed by atoms with E-state index in [2.05, 4.69) is 11.9 Å². The highest BCUT2D eigenvalue weighted by Crippen LogP contribution is 2.27. The molecule has 0 bridgehead atoms. The van der Waals surface area contributed by atoms with Crippen LogP contribution in [-0.2, 0) is 16.1 Å². The highest BCUT2D eigenvalue weighted by atomic mass is 16.6. The topological polar surface area (TPSA) is 134 Å². The Hall–Kier alpha value is -1.52. The molecule has 1 aliphatic rings. The van der Waals surface area contributed by atoms with E-state index in [0.29, 0.717) is 6.61 Å². The third-order valence-electron chi connectivity index (χ3n) is 4.23. The number of aliphatic hydroxyl groups is 3. The van der Waals surface area contributed by atoms with Crippen molar-refractivity contribution >= 4 is 0 Å². The first-order valence-corrected chi connectivity index (χ1v) is 8.54. The van der Waals surface area contributed by atoms with Crippen LogP contribution in [0.25, 0.3) is 0 Å². The molecule has 0 aliphatic carbocycles. The number of aromatic nitrogens is 2. The van der Waals surface area contributed by atoms with Crippen molar-refractivity contribution in [3.8, 4) is 0 Å². The Bertz CT molecular complexity index is 657. The normalized spacial score (nSPS) is 26.2. The third-order valence-corrected chi connectivity index (χ3v) is 4.23. The van der Waals surface area contributed by atoms with E-state index in [9.17, 15) is 19.8 Å². The summed E-state index contributed by atoms with van der Waals surface area (Å²) in [5, 5.41) is 29.0. The quantitative estimate of drug-likeness (QED) is 0.427. The maximum Gasteiger partial charge on any atom is 0.330 e. The van der Waals surface area contributed by atoms with E-state index in [1.807, 2.05) is 0 Å². The van der Waals surface area contributed by atoms with Crippen LogP contribution < -0.4 is 11.2 Å². The predicted molar refractivity (Wildman–Crippen MR) is 88.1 cm³/mol. The predicted octanol–water partition coefficient (Wildman–Crippen LogP) is -0.755. The zero-order valence-electron chi connectivity index (χ0n) is 14.3. The number of aliphatic hydroxyl groups excluding tert-OH is 3. The molecule has 1 aromatic rings. The lowest BCUT2D eigenvalue weighted by atomic mass is 10.1. The van der Waals surface area contributed by atoms with Gasteiger partial charge in [0, 0.05) is 12.8 Å². The van der Waals surface area contributed by atoms with Crippen LogP contribution in [0.2, 0.25) is 0 Å². The number of aromatic amines is 1. The average molecular weight is 358 g/mol. The van der Waals surface area contributed by atoms with E-state index in [1.165, 1.54) is 6.20 Å². The first-order chi connectivity index (χ1) is 12.0. The standard InChI is InChI=1S/C16H26N2O7/c1-2-3-4-5-6-24-9-10-7-18(16(23)17-14(10)22)15-13(21)12(20)11(8-19)25-15/h7,11-13,15,19-21H,2-6,8-9H2,1H3,(H,17,22,23)/t11-,12-,13-,15-/m1/s1. The van der Waals surface area contributed by atoms with Gasteiger partial charge in [0.1, 0.15) is 18.3 Å². The molecule has 0 saturated carbocycles. The van der Waals surface area contributed by atoms with E-state index in [0.717, 1.165) is 30.3 Å². The molecule has 1 saturated heterocycles. The largest absolute Gasteiger partial charge is 0.394 e. The molecule has 9 nitrogen and oxygen atoms in total. The molecule has 1 aliphatic heterocycles. The lowest BCUT2D eigenvalue weighted by Gasteiger charge is -2.18. The number of ether oxygens (including phenoxy) is 2. The molecule has 0 radical (unpaired) electrons. The van der Waals surface area contributed by atoms with E-state index in [1.54, 1.807) is 0 Å². The summed E-state index contributed by atoms with van der Waals surface area (Å²) >= 11 is 0. The van der Waals surface area contributed by atoms with Gasteiger partial charge in [0.15, 0.2) is 6.23 Å². The minimum atomic E-state index is -1.40. The number of nitrogens with one attached hydrogen (secondary N) is 1. The summed E-state index contributed by atoms with van der Waals surface area (Å²) in [6.07, 6.45) is 0.519. The highest BCUT2D eigenvalue weighted by Gasteiger charge is 2.43. The maximum atomic E-state index is 12.0. The Balaban J connectivity index is 2.07. The molecule has 0 unspecified atom stereocenters. The minimum absolute atomic E-state index is 0.0243. The molecule has 0 aromatic carbocycles. The number of rotatable bonds is 9. The summed E-state index contributed by atoms with van der Waals surface area (Å²) in [6, 6.07) is 0. The van der Waals surface area contributed by atoms with Crippen LogP contribution in [0.1, 0.15) is 44.4 Å². The van der Waals surface area contributed by atoms with Crippen LogP contribution in [0.15, 0.2) is 15.8 Å². The number of unbranched alkanes of at least 4 members (excludes halogenated alkanes) is 3. The van der Waals surface area contributed by atoms with Crippen molar-refractivity contribution in [3.63, 3.8) is 0 Å². The van der Waals surface area contributed by atoms with Crippen molar-refractivity contribution in [2.24, 2.45) is 0 Å². The Morgan fingerprint density at radius 2 is 2.00 bits per heavy atom. The number of H-pyrrole nitrogens is 1. The van der Waals surface area contributed by atoms with Crippen molar-refractivity contribution < 1.29 is 24.8 Å². The molecule has 25 heavy (non-hydrogen) atoms. The Morgan fingerprint density at radius 1 is 1.24 bits per heavy atom. The lowest BCUT2D eigenvalue weighted by molar-refractivity contribution is -0.0553. The van der Waals surface area contributed by atoms with Crippen LogP contribution in [0.3, 0.4) is 0 Å². The smallest absolute Gasteiger partial charge is 0.330 e. The van der Waals surface area contributed by atoms with Gasteiger partial charge in [0.05, 0.1) is 18.8 Å². The van der Waals surface area contributed by atoms with E-state index < -0.39 is 42.4 Å². The third kappa shape index (κ3) is 4.77. The number of hydrogen-bond donors (Lipinski definition) is 4. The van der Waals surface area contributed by atoms with E-state index >= 15 is 0 Å². The second kappa shape index (κ2) is 9.25. The molecule has 0 spiro atoms. The second-order valence-electron chi connectivity index (χ2n) is 6.16. The molecule has 0 amide bonds. The molecule has 9 heteroatoms. The van der Waals surface area contributed by atoms with Gasteiger partial charge in [-0.3, -0.25) is 14.3 Å². The molecule has 4 N–H and O–H groups in total. The first kappa shape index (κ1) is 19.8. The van der Waals surface area contributed by atoms with E-state index in [-0.39, 0.29) is 12.2 Å². The van der Waals surface area contributed by atoms with Gasteiger partial charge in [0.25, 0.3) is 5.56 Å². The zero-order valence-corrected chi connectivity index (χ0v) is 14.3. The van der Waals surface area contributed by atoms with Crippen LogP contribution >= 0.6 is 0 Å². The summed E-state index contributed by atoms with van der Waals surface area (Å²) < 4.78 is 11.8. The second-order valence-corrected chi connectivity index (χ2v) is 6.16. The Morgan fingerprint density at radius 3 is 2.64 bits per heavy atom. The van der Waals surface area contributed by atoms with Crippen LogP contribution in [0.5, 0.6) is 0 Å². The Kier molecular flexibility index (Phi) is 7.33. The Labute approximate surface area is 144 Å². The molecule has 2 rings (SSSR count). The van der Waals surface area contributed by atoms with Gasteiger partial charge in [-0.05, 0) is 6.42 Å². The van der Waals surface area contributed by atoms with Crippen molar-refractivity contribution in [2.45, 2.75) is 63.8 Å². The van der Waals surface area contributed by atoms with Gasteiger partial charge in [-0.15, -0.1) is 0 Å².